The molecule has 3 N–H and O–H groups in total. The molecule has 2 bridgehead atoms. The zero-order valence-electron chi connectivity index (χ0n) is 21.7. The number of hydrogen-bond acceptors (Lipinski definition) is 6. The summed E-state index contributed by atoms with van der Waals surface area (Å²) in [6, 6.07) is 21.5. The summed E-state index contributed by atoms with van der Waals surface area (Å²) >= 11 is 0. The third-order valence-corrected chi connectivity index (χ3v) is 8.27. The molecule has 8 heteroatoms. The Morgan fingerprint density at radius 3 is 2.46 bits per heavy atom. The van der Waals surface area contributed by atoms with Crippen LogP contribution in [0.5, 0.6) is 0 Å². The molecule has 3 aliphatic rings. The molecule has 196 valence electrons. The van der Waals surface area contributed by atoms with Crippen molar-refractivity contribution in [1.82, 2.24) is 19.9 Å². The van der Waals surface area contributed by atoms with Gasteiger partial charge in [-0.2, -0.15) is 0 Å². The Bertz CT molecular complexity index is 1730. The average molecular weight is 520 g/mol. The first-order chi connectivity index (χ1) is 19.1. The molecule has 0 aliphatic carbocycles. The summed E-state index contributed by atoms with van der Waals surface area (Å²) in [7, 11) is 1.37. The number of para-hydroxylation sites is 2. The summed E-state index contributed by atoms with van der Waals surface area (Å²) < 4.78 is 4.82. The van der Waals surface area contributed by atoms with Gasteiger partial charge in [0.25, 0.3) is 5.56 Å². The molecule has 0 amide bonds. The van der Waals surface area contributed by atoms with Crippen LogP contribution in [0.2, 0.25) is 0 Å². The second-order valence-electron chi connectivity index (χ2n) is 10.5. The third kappa shape index (κ3) is 4.17. The van der Waals surface area contributed by atoms with Crippen molar-refractivity contribution in [3.8, 4) is 22.5 Å². The Morgan fingerprint density at radius 2 is 1.74 bits per heavy atom. The van der Waals surface area contributed by atoms with E-state index in [4.69, 9.17) is 9.72 Å². The van der Waals surface area contributed by atoms with Crippen LogP contribution < -0.4 is 10.9 Å². The maximum atomic E-state index is 13.7. The molecule has 0 saturated carbocycles. The molecule has 2 aromatic heterocycles. The number of nitrogens with one attached hydrogen (secondary N) is 3. The van der Waals surface area contributed by atoms with E-state index in [1.165, 1.54) is 20.0 Å². The van der Waals surface area contributed by atoms with Crippen LogP contribution in [0.3, 0.4) is 0 Å². The zero-order chi connectivity index (χ0) is 26.5. The number of ether oxygens (including phenoxy) is 1. The highest BCUT2D eigenvalue weighted by Crippen LogP contribution is 2.37. The molecule has 5 heterocycles. The standard InChI is InChI=1S/C31H29N5O3/c1-39-31(38)20-8-6-18(7-9-20)21-10-11-22-25(16-21)35-30(37)27(29-33-23-4-2-3-5-24(23)34-29)28(22)32-26-17-36-14-12-19(26)13-15-36/h2-11,16,19,26H,12-15,17H2,1H3,(H,33,34)(H2,32,35,37)/t26-/m0/s1. The van der Waals surface area contributed by atoms with Crippen LogP contribution >= 0.6 is 0 Å². The Labute approximate surface area is 225 Å². The highest BCUT2D eigenvalue weighted by Gasteiger charge is 2.35. The normalized spacial score (nSPS) is 20.4. The van der Waals surface area contributed by atoms with E-state index in [0.717, 1.165) is 58.4 Å². The van der Waals surface area contributed by atoms with Crippen LogP contribution in [0, 0.1) is 5.92 Å². The minimum Gasteiger partial charge on any atom is -0.465 e. The van der Waals surface area contributed by atoms with Gasteiger partial charge in [-0.15, -0.1) is 0 Å². The second-order valence-corrected chi connectivity index (χ2v) is 10.5. The zero-order valence-corrected chi connectivity index (χ0v) is 21.7. The van der Waals surface area contributed by atoms with Crippen molar-refractivity contribution < 1.29 is 9.53 Å². The highest BCUT2D eigenvalue weighted by atomic mass is 16.5. The van der Waals surface area contributed by atoms with Crippen molar-refractivity contribution in [3.63, 3.8) is 0 Å². The van der Waals surface area contributed by atoms with Crippen molar-refractivity contribution in [2.24, 2.45) is 5.92 Å². The number of carbonyl (C=O) groups is 1. The quantitative estimate of drug-likeness (QED) is 0.282. The minimum atomic E-state index is -0.369. The van der Waals surface area contributed by atoms with Crippen LogP contribution in [0.25, 0.3) is 44.5 Å². The number of benzene rings is 3. The molecule has 8 nitrogen and oxygen atoms in total. The fraction of sp³-hybridized carbons (Fsp3) is 0.258. The number of imidazole rings is 1. The van der Waals surface area contributed by atoms with Crippen LogP contribution in [0.15, 0.2) is 71.5 Å². The lowest BCUT2D eigenvalue weighted by Crippen LogP contribution is -2.53. The first-order valence-electron chi connectivity index (χ1n) is 13.4. The maximum Gasteiger partial charge on any atom is 0.337 e. The molecular formula is C31H29N5O3. The predicted molar refractivity (Wildman–Crippen MR) is 153 cm³/mol. The van der Waals surface area contributed by atoms with E-state index in [-0.39, 0.29) is 17.6 Å². The molecule has 8 rings (SSSR count). The number of anilines is 1. The van der Waals surface area contributed by atoms with Gasteiger partial charge in [-0.1, -0.05) is 36.4 Å². The van der Waals surface area contributed by atoms with E-state index >= 15 is 0 Å². The predicted octanol–water partition coefficient (Wildman–Crippen LogP) is 5.03. The number of fused-ring (bicyclic) bond motifs is 5. The molecule has 0 radical (unpaired) electrons. The average Bonchev–Trinajstić information content (AvgIpc) is 3.41. The number of methoxy groups -OCH3 is 1. The summed E-state index contributed by atoms with van der Waals surface area (Å²) in [5.74, 6) is 0.775. The molecule has 3 fully saturated rings. The molecule has 3 saturated heterocycles. The van der Waals surface area contributed by atoms with E-state index in [1.54, 1.807) is 12.1 Å². The van der Waals surface area contributed by atoms with E-state index in [9.17, 15) is 9.59 Å². The summed E-state index contributed by atoms with van der Waals surface area (Å²) in [5, 5.41) is 4.76. The number of piperidine rings is 3. The number of nitrogens with zero attached hydrogens (tertiary/aromatic N) is 2. The minimum absolute atomic E-state index is 0.191. The Morgan fingerprint density at radius 1 is 0.974 bits per heavy atom. The second kappa shape index (κ2) is 9.39. The molecule has 3 aromatic carbocycles. The van der Waals surface area contributed by atoms with Gasteiger partial charge in [0.2, 0.25) is 0 Å². The lowest BCUT2D eigenvalue weighted by Gasteiger charge is -2.45. The summed E-state index contributed by atoms with van der Waals surface area (Å²) in [6.07, 6.45) is 2.34. The van der Waals surface area contributed by atoms with Crippen molar-refractivity contribution in [3.05, 3.63) is 82.6 Å². The number of aromatic nitrogens is 3. The molecule has 1 atom stereocenters. The molecule has 3 aliphatic heterocycles. The van der Waals surface area contributed by atoms with Gasteiger partial charge in [0.1, 0.15) is 11.4 Å². The van der Waals surface area contributed by atoms with Crippen LogP contribution in [0.1, 0.15) is 23.2 Å². The van der Waals surface area contributed by atoms with Gasteiger partial charge in [-0.25, -0.2) is 9.78 Å². The Balaban J connectivity index is 1.36. The third-order valence-electron chi connectivity index (χ3n) is 8.27. The topological polar surface area (TPSA) is 103 Å². The first kappa shape index (κ1) is 23.7. The lowest BCUT2D eigenvalue weighted by molar-refractivity contribution is 0.0600. The van der Waals surface area contributed by atoms with Crippen molar-refractivity contribution in [1.29, 1.82) is 0 Å². The van der Waals surface area contributed by atoms with Gasteiger partial charge in [-0.3, -0.25) is 4.79 Å². The number of aromatic amines is 2. The van der Waals surface area contributed by atoms with Crippen molar-refractivity contribution in [2.45, 2.75) is 18.9 Å². The lowest BCUT2D eigenvalue weighted by atomic mass is 9.83. The van der Waals surface area contributed by atoms with Gasteiger partial charge in [-0.05, 0) is 73.3 Å². The largest absolute Gasteiger partial charge is 0.465 e. The van der Waals surface area contributed by atoms with E-state index < -0.39 is 0 Å². The van der Waals surface area contributed by atoms with E-state index in [1.807, 2.05) is 42.5 Å². The number of esters is 1. The van der Waals surface area contributed by atoms with Crippen LogP contribution in [-0.4, -0.2) is 58.6 Å². The molecule has 5 aromatic rings. The molecular weight excluding hydrogens is 490 g/mol. The SMILES string of the molecule is COC(=O)c1ccc(-c2ccc3c(N[C@H]4CN5CCC4CC5)c(-c4nc5ccccc5[nH]4)c(=O)[nH]c3c2)cc1. The van der Waals surface area contributed by atoms with Gasteiger partial charge < -0.3 is 24.9 Å². The monoisotopic (exact) mass is 519 g/mol. The van der Waals surface area contributed by atoms with Gasteiger partial charge in [0, 0.05) is 18.0 Å². The summed E-state index contributed by atoms with van der Waals surface area (Å²) in [4.78, 5) is 39.3. The van der Waals surface area contributed by atoms with Crippen LogP contribution in [0.4, 0.5) is 5.69 Å². The summed E-state index contributed by atoms with van der Waals surface area (Å²) in [5.41, 5.74) is 6.01. The van der Waals surface area contributed by atoms with Gasteiger partial charge in [0.05, 0.1) is 34.9 Å². The van der Waals surface area contributed by atoms with Crippen molar-refractivity contribution in [2.75, 3.05) is 32.1 Å². The number of carbonyl (C=O) groups excluding carboxylic acids is 1. The highest BCUT2D eigenvalue weighted by molar-refractivity contribution is 6.01. The fourth-order valence-electron chi connectivity index (χ4n) is 6.16. The molecule has 0 unspecified atom stereocenters. The number of H-pyrrole nitrogens is 2. The van der Waals surface area contributed by atoms with E-state index in [0.29, 0.717) is 22.9 Å². The van der Waals surface area contributed by atoms with Crippen molar-refractivity contribution >= 4 is 33.6 Å². The molecule has 0 spiro atoms. The Hall–Kier alpha value is -4.43. The Kier molecular flexibility index (Phi) is 5.70. The van der Waals surface area contributed by atoms with E-state index in [2.05, 4.69) is 32.3 Å². The molecule has 39 heavy (non-hydrogen) atoms. The summed E-state index contributed by atoms with van der Waals surface area (Å²) in [6.45, 7) is 3.27. The maximum absolute atomic E-state index is 13.7. The van der Waals surface area contributed by atoms with Gasteiger partial charge in [0.15, 0.2) is 0 Å². The van der Waals surface area contributed by atoms with Gasteiger partial charge >= 0.3 is 5.97 Å². The first-order valence-corrected chi connectivity index (χ1v) is 13.4. The number of rotatable bonds is 5. The fourth-order valence-corrected chi connectivity index (χ4v) is 6.16. The van der Waals surface area contributed by atoms with Crippen LogP contribution in [-0.2, 0) is 4.74 Å². The number of pyridine rings is 1. The number of hydrogen-bond donors (Lipinski definition) is 3. The smallest absolute Gasteiger partial charge is 0.337 e.